The third kappa shape index (κ3) is 6.86. The van der Waals surface area contributed by atoms with Crippen LogP contribution in [0.25, 0.3) is 0 Å². The number of carboxylic acid groups (broad SMARTS) is 1. The molecule has 0 amide bonds. The Kier molecular flexibility index (Phi) is 11.2. The number of carboxylic acids is 1. The Balaban J connectivity index is 2.38. The molecule has 0 aliphatic heterocycles. The molecule has 0 heterocycles. The van der Waals surface area contributed by atoms with Crippen LogP contribution in [0.4, 0.5) is 0 Å². The maximum atomic E-state index is 12.2. The van der Waals surface area contributed by atoms with Crippen molar-refractivity contribution >= 4 is 11.8 Å². The van der Waals surface area contributed by atoms with Crippen LogP contribution in [0, 0.1) is 11.8 Å². The number of ether oxygens (including phenoxy) is 1. The third-order valence-corrected chi connectivity index (χ3v) is 6.46. The largest absolute Gasteiger partial charge is 0.479 e. The standard InChI is InChI=1S/C22H40O5/c1-4-6-7-8-9-12-17-15-16-19(23)18(17)13-10-11-14-20(24)22(5-2,27-3)21(25)26/h17-18,20,24H,4-16H2,1-3H3,(H,25,26)/t17-,18+,20?,22?/m0/s1. The van der Waals surface area contributed by atoms with Gasteiger partial charge in [-0.15, -0.1) is 0 Å². The predicted molar refractivity (Wildman–Crippen MR) is 107 cm³/mol. The van der Waals surface area contributed by atoms with Crippen molar-refractivity contribution in [3.8, 4) is 0 Å². The maximum absolute atomic E-state index is 12.2. The lowest BCUT2D eigenvalue weighted by molar-refractivity contribution is -0.179. The van der Waals surface area contributed by atoms with Gasteiger partial charge in [-0.3, -0.25) is 4.79 Å². The Morgan fingerprint density at radius 1 is 1.15 bits per heavy atom. The molecular formula is C22H40O5. The number of aliphatic hydroxyl groups excluding tert-OH is 1. The van der Waals surface area contributed by atoms with E-state index in [1.165, 1.54) is 39.2 Å². The molecule has 0 bridgehead atoms. The molecule has 1 aliphatic carbocycles. The van der Waals surface area contributed by atoms with Crippen molar-refractivity contribution in [2.75, 3.05) is 7.11 Å². The Labute approximate surface area is 164 Å². The fourth-order valence-electron chi connectivity index (χ4n) is 4.56. The average molecular weight is 385 g/mol. The quantitative estimate of drug-likeness (QED) is 0.398. The van der Waals surface area contributed by atoms with Gasteiger partial charge in [0.05, 0.1) is 6.10 Å². The van der Waals surface area contributed by atoms with Crippen molar-refractivity contribution in [2.24, 2.45) is 11.8 Å². The second-order valence-electron chi connectivity index (χ2n) is 8.13. The average Bonchev–Trinajstić information content (AvgIpc) is 2.99. The lowest BCUT2D eigenvalue weighted by atomic mass is 9.85. The summed E-state index contributed by atoms with van der Waals surface area (Å²) >= 11 is 0. The van der Waals surface area contributed by atoms with Gasteiger partial charge in [0.1, 0.15) is 5.78 Å². The van der Waals surface area contributed by atoms with Gasteiger partial charge in [-0.2, -0.15) is 0 Å². The summed E-state index contributed by atoms with van der Waals surface area (Å²) in [5.41, 5.74) is -1.52. The highest BCUT2D eigenvalue weighted by molar-refractivity contribution is 5.83. The van der Waals surface area contributed by atoms with Crippen LogP contribution in [0.3, 0.4) is 0 Å². The van der Waals surface area contributed by atoms with Gasteiger partial charge in [-0.1, -0.05) is 58.8 Å². The van der Waals surface area contributed by atoms with Gasteiger partial charge in [0.2, 0.25) is 0 Å². The van der Waals surface area contributed by atoms with E-state index in [4.69, 9.17) is 4.74 Å². The molecule has 0 aromatic rings. The number of aliphatic carboxylic acids is 1. The van der Waals surface area contributed by atoms with Crippen molar-refractivity contribution in [1.82, 2.24) is 0 Å². The van der Waals surface area contributed by atoms with E-state index in [9.17, 15) is 19.8 Å². The van der Waals surface area contributed by atoms with Crippen LogP contribution in [0.15, 0.2) is 0 Å². The lowest BCUT2D eigenvalue weighted by Gasteiger charge is -2.31. The summed E-state index contributed by atoms with van der Waals surface area (Å²) in [6, 6.07) is 0. The number of unbranched alkanes of at least 4 members (excludes halogenated alkanes) is 5. The van der Waals surface area contributed by atoms with E-state index in [2.05, 4.69) is 6.92 Å². The summed E-state index contributed by atoms with van der Waals surface area (Å²) < 4.78 is 5.14. The minimum atomic E-state index is -1.52. The summed E-state index contributed by atoms with van der Waals surface area (Å²) in [5, 5.41) is 19.7. The topological polar surface area (TPSA) is 83.8 Å². The molecule has 1 fully saturated rings. The fourth-order valence-corrected chi connectivity index (χ4v) is 4.56. The van der Waals surface area contributed by atoms with Crippen LogP contribution in [0.2, 0.25) is 0 Å². The van der Waals surface area contributed by atoms with Gasteiger partial charge >= 0.3 is 5.97 Å². The molecule has 0 aromatic carbocycles. The molecule has 1 rings (SSSR count). The Morgan fingerprint density at radius 3 is 2.41 bits per heavy atom. The molecule has 0 spiro atoms. The smallest absolute Gasteiger partial charge is 0.338 e. The highest BCUT2D eigenvalue weighted by atomic mass is 16.5. The number of ketones is 1. The third-order valence-electron chi connectivity index (χ3n) is 6.46. The molecule has 0 aromatic heterocycles. The summed E-state index contributed by atoms with van der Waals surface area (Å²) in [5.74, 6) is -0.0172. The Morgan fingerprint density at radius 2 is 1.81 bits per heavy atom. The number of Topliss-reactive ketones (excluding diaryl/α,β-unsaturated/α-hetero) is 1. The summed E-state index contributed by atoms with van der Waals surface area (Å²) in [6.45, 7) is 3.93. The first kappa shape index (κ1) is 24.1. The Hall–Kier alpha value is -0.940. The van der Waals surface area contributed by atoms with Crippen LogP contribution < -0.4 is 0 Å². The zero-order valence-electron chi connectivity index (χ0n) is 17.5. The highest BCUT2D eigenvalue weighted by Crippen LogP contribution is 2.36. The lowest BCUT2D eigenvalue weighted by Crippen LogP contribution is -2.50. The van der Waals surface area contributed by atoms with E-state index in [-0.39, 0.29) is 12.3 Å². The number of aliphatic hydroxyl groups is 1. The van der Waals surface area contributed by atoms with Crippen LogP contribution >= 0.6 is 0 Å². The van der Waals surface area contributed by atoms with Gasteiger partial charge in [0.15, 0.2) is 5.60 Å². The van der Waals surface area contributed by atoms with Gasteiger partial charge in [0.25, 0.3) is 0 Å². The van der Waals surface area contributed by atoms with Crippen molar-refractivity contribution in [3.63, 3.8) is 0 Å². The summed E-state index contributed by atoms with van der Waals surface area (Å²) in [4.78, 5) is 23.7. The SMILES string of the molecule is CCCCCCC[C@H]1CCC(=O)[C@@H]1CCCCC(O)C(CC)(OC)C(=O)O. The molecule has 1 saturated carbocycles. The molecule has 158 valence electrons. The number of methoxy groups -OCH3 is 1. The first-order valence-electron chi connectivity index (χ1n) is 10.9. The number of rotatable bonds is 15. The van der Waals surface area contributed by atoms with Gasteiger partial charge in [-0.05, 0) is 38.0 Å². The van der Waals surface area contributed by atoms with E-state index >= 15 is 0 Å². The molecule has 5 heteroatoms. The fraction of sp³-hybridized carbons (Fsp3) is 0.909. The molecule has 2 unspecified atom stereocenters. The summed E-state index contributed by atoms with van der Waals surface area (Å²) in [7, 11) is 1.34. The van der Waals surface area contributed by atoms with E-state index in [1.54, 1.807) is 6.92 Å². The molecule has 27 heavy (non-hydrogen) atoms. The maximum Gasteiger partial charge on any atom is 0.338 e. The van der Waals surface area contributed by atoms with Crippen molar-refractivity contribution in [1.29, 1.82) is 0 Å². The molecule has 1 aliphatic rings. The van der Waals surface area contributed by atoms with E-state index in [0.717, 1.165) is 25.7 Å². The van der Waals surface area contributed by atoms with Crippen LogP contribution in [-0.4, -0.2) is 40.8 Å². The minimum Gasteiger partial charge on any atom is -0.479 e. The zero-order chi connectivity index (χ0) is 20.3. The molecular weight excluding hydrogens is 344 g/mol. The van der Waals surface area contributed by atoms with Crippen LogP contribution in [0.1, 0.15) is 97.3 Å². The molecule has 0 saturated heterocycles. The molecule has 5 nitrogen and oxygen atoms in total. The van der Waals surface area contributed by atoms with Gasteiger partial charge < -0.3 is 14.9 Å². The minimum absolute atomic E-state index is 0.172. The predicted octanol–water partition coefficient (Wildman–Crippen LogP) is 4.74. The normalized spacial score (nSPS) is 23.3. The van der Waals surface area contributed by atoms with E-state index in [1.807, 2.05) is 0 Å². The zero-order valence-corrected chi connectivity index (χ0v) is 17.5. The molecule has 2 N–H and O–H groups in total. The van der Waals surface area contributed by atoms with Crippen molar-refractivity contribution in [2.45, 2.75) is 109 Å². The number of carbonyl (C=O) groups excluding carboxylic acids is 1. The molecule has 0 radical (unpaired) electrons. The first-order chi connectivity index (χ1) is 12.9. The first-order valence-corrected chi connectivity index (χ1v) is 10.9. The summed E-state index contributed by atoms with van der Waals surface area (Å²) in [6.07, 6.45) is 11.2. The van der Waals surface area contributed by atoms with Gasteiger partial charge in [-0.25, -0.2) is 4.79 Å². The number of hydrogen-bond donors (Lipinski definition) is 2. The number of hydrogen-bond acceptors (Lipinski definition) is 4. The van der Waals surface area contributed by atoms with E-state index < -0.39 is 17.7 Å². The monoisotopic (exact) mass is 384 g/mol. The van der Waals surface area contributed by atoms with Crippen LogP contribution in [-0.2, 0) is 14.3 Å². The second kappa shape index (κ2) is 12.5. The Bertz CT molecular complexity index is 444. The van der Waals surface area contributed by atoms with Crippen molar-refractivity contribution < 1.29 is 24.5 Å². The second-order valence-corrected chi connectivity index (χ2v) is 8.13. The van der Waals surface area contributed by atoms with Gasteiger partial charge in [0, 0.05) is 19.4 Å². The number of carbonyl (C=O) groups is 2. The van der Waals surface area contributed by atoms with Crippen molar-refractivity contribution in [3.05, 3.63) is 0 Å². The highest BCUT2D eigenvalue weighted by Gasteiger charge is 2.44. The van der Waals surface area contributed by atoms with Crippen LogP contribution in [0.5, 0.6) is 0 Å². The van der Waals surface area contributed by atoms with E-state index in [0.29, 0.717) is 31.0 Å². The molecule has 4 atom stereocenters.